The van der Waals surface area contributed by atoms with Gasteiger partial charge in [-0.2, -0.15) is 0 Å². The Hall–Kier alpha value is -2.08. The maximum Gasteiger partial charge on any atom is 0.170 e. The first kappa shape index (κ1) is 15.3. The SMILES string of the molecule is CCCNCc1cccc(OC)c1OCc1nncn1C. The van der Waals surface area contributed by atoms with Crippen LogP contribution in [0.25, 0.3) is 0 Å². The van der Waals surface area contributed by atoms with Crippen LogP contribution in [0.1, 0.15) is 24.7 Å². The molecule has 1 aromatic carbocycles. The molecule has 0 fully saturated rings. The number of rotatable bonds is 8. The van der Waals surface area contributed by atoms with Gasteiger partial charge in [0.05, 0.1) is 7.11 Å². The summed E-state index contributed by atoms with van der Waals surface area (Å²) in [6, 6.07) is 5.91. The summed E-state index contributed by atoms with van der Waals surface area (Å²) in [5, 5.41) is 11.3. The first-order valence-corrected chi connectivity index (χ1v) is 7.08. The summed E-state index contributed by atoms with van der Waals surface area (Å²) in [6.45, 7) is 4.22. The van der Waals surface area contributed by atoms with E-state index in [9.17, 15) is 0 Å². The molecule has 114 valence electrons. The van der Waals surface area contributed by atoms with Crippen LogP contribution in [-0.4, -0.2) is 28.4 Å². The van der Waals surface area contributed by atoms with E-state index in [4.69, 9.17) is 9.47 Å². The molecule has 0 radical (unpaired) electrons. The Balaban J connectivity index is 2.12. The van der Waals surface area contributed by atoms with Crippen LogP contribution in [0, 0.1) is 0 Å². The average Bonchev–Trinajstić information content (AvgIpc) is 2.91. The summed E-state index contributed by atoms with van der Waals surface area (Å²) in [5.74, 6) is 2.26. The number of aryl methyl sites for hydroxylation is 1. The molecule has 0 unspecified atom stereocenters. The molecule has 0 atom stereocenters. The fraction of sp³-hybridized carbons (Fsp3) is 0.467. The van der Waals surface area contributed by atoms with Crippen molar-refractivity contribution < 1.29 is 9.47 Å². The first-order valence-electron chi connectivity index (χ1n) is 7.08. The van der Waals surface area contributed by atoms with Gasteiger partial charge in [-0.15, -0.1) is 10.2 Å². The van der Waals surface area contributed by atoms with E-state index < -0.39 is 0 Å². The van der Waals surface area contributed by atoms with Crippen LogP contribution >= 0.6 is 0 Å². The Morgan fingerprint density at radius 2 is 2.19 bits per heavy atom. The maximum absolute atomic E-state index is 5.93. The van der Waals surface area contributed by atoms with E-state index in [2.05, 4.69) is 22.4 Å². The summed E-state index contributed by atoms with van der Waals surface area (Å²) < 4.78 is 13.2. The van der Waals surface area contributed by atoms with Crippen molar-refractivity contribution in [1.29, 1.82) is 0 Å². The molecule has 1 heterocycles. The lowest BCUT2D eigenvalue weighted by Gasteiger charge is -2.15. The molecule has 1 N–H and O–H groups in total. The van der Waals surface area contributed by atoms with Gasteiger partial charge < -0.3 is 19.4 Å². The van der Waals surface area contributed by atoms with Crippen LogP contribution in [0.3, 0.4) is 0 Å². The molecule has 0 spiro atoms. The summed E-state index contributed by atoms with van der Waals surface area (Å²) in [5.41, 5.74) is 1.07. The summed E-state index contributed by atoms with van der Waals surface area (Å²) in [4.78, 5) is 0. The average molecular weight is 290 g/mol. The summed E-state index contributed by atoms with van der Waals surface area (Å²) in [6.07, 6.45) is 2.75. The van der Waals surface area contributed by atoms with E-state index in [1.807, 2.05) is 29.8 Å². The van der Waals surface area contributed by atoms with Crippen molar-refractivity contribution in [2.75, 3.05) is 13.7 Å². The van der Waals surface area contributed by atoms with Crippen LogP contribution < -0.4 is 14.8 Å². The molecule has 1 aromatic heterocycles. The van der Waals surface area contributed by atoms with Crippen molar-refractivity contribution in [2.24, 2.45) is 7.05 Å². The Bertz CT molecular complexity index is 569. The van der Waals surface area contributed by atoms with Crippen molar-refractivity contribution in [3.63, 3.8) is 0 Å². The lowest BCUT2D eigenvalue weighted by Crippen LogP contribution is -2.15. The van der Waals surface area contributed by atoms with Crippen molar-refractivity contribution in [1.82, 2.24) is 20.1 Å². The Morgan fingerprint density at radius 3 is 2.86 bits per heavy atom. The third-order valence-corrected chi connectivity index (χ3v) is 3.17. The minimum atomic E-state index is 0.359. The summed E-state index contributed by atoms with van der Waals surface area (Å²) >= 11 is 0. The van der Waals surface area contributed by atoms with Crippen molar-refractivity contribution in [3.05, 3.63) is 35.9 Å². The smallest absolute Gasteiger partial charge is 0.170 e. The van der Waals surface area contributed by atoms with E-state index in [0.29, 0.717) is 6.61 Å². The number of nitrogens with zero attached hydrogens (tertiary/aromatic N) is 3. The van der Waals surface area contributed by atoms with Crippen molar-refractivity contribution in [2.45, 2.75) is 26.5 Å². The van der Waals surface area contributed by atoms with E-state index in [-0.39, 0.29) is 0 Å². The van der Waals surface area contributed by atoms with E-state index in [0.717, 1.165) is 42.4 Å². The van der Waals surface area contributed by atoms with Gasteiger partial charge in [0.15, 0.2) is 17.3 Å². The Morgan fingerprint density at radius 1 is 1.33 bits per heavy atom. The molecule has 2 rings (SSSR count). The molecule has 6 heteroatoms. The molecule has 0 aliphatic carbocycles. The first-order chi connectivity index (χ1) is 10.3. The normalized spacial score (nSPS) is 10.6. The van der Waals surface area contributed by atoms with E-state index in [1.54, 1.807) is 13.4 Å². The van der Waals surface area contributed by atoms with Crippen molar-refractivity contribution in [3.8, 4) is 11.5 Å². The quantitative estimate of drug-likeness (QED) is 0.752. The zero-order valence-corrected chi connectivity index (χ0v) is 12.8. The van der Waals surface area contributed by atoms with Crippen LogP contribution in [0.2, 0.25) is 0 Å². The second-order valence-electron chi connectivity index (χ2n) is 4.77. The lowest BCUT2D eigenvalue weighted by molar-refractivity contribution is 0.269. The number of nitrogens with one attached hydrogen (secondary N) is 1. The number of methoxy groups -OCH3 is 1. The fourth-order valence-electron chi connectivity index (χ4n) is 2.00. The molecule has 0 saturated carbocycles. The Kier molecular flexibility index (Phi) is 5.57. The van der Waals surface area contributed by atoms with Gasteiger partial charge in [-0.3, -0.25) is 0 Å². The predicted octanol–water partition coefficient (Wildman–Crippen LogP) is 1.90. The van der Waals surface area contributed by atoms with Gasteiger partial charge in [-0.1, -0.05) is 19.1 Å². The van der Waals surface area contributed by atoms with Crippen LogP contribution in [0.15, 0.2) is 24.5 Å². The van der Waals surface area contributed by atoms with Gasteiger partial charge in [0.2, 0.25) is 0 Å². The van der Waals surface area contributed by atoms with Crippen LogP contribution in [0.5, 0.6) is 11.5 Å². The molecule has 2 aromatic rings. The monoisotopic (exact) mass is 290 g/mol. The number of benzene rings is 1. The van der Waals surface area contributed by atoms with Crippen LogP contribution in [-0.2, 0) is 20.2 Å². The second-order valence-corrected chi connectivity index (χ2v) is 4.77. The molecule has 0 saturated heterocycles. The topological polar surface area (TPSA) is 61.2 Å². The fourth-order valence-corrected chi connectivity index (χ4v) is 2.00. The standard InChI is InChI=1S/C15H22N4O2/c1-4-8-16-9-12-6-5-7-13(20-3)15(12)21-10-14-18-17-11-19(14)2/h5-7,11,16H,4,8-10H2,1-3H3. The zero-order chi connectivity index (χ0) is 15.1. The third kappa shape index (κ3) is 3.95. The molecule has 0 aliphatic rings. The van der Waals surface area contributed by atoms with Gasteiger partial charge in [-0.05, 0) is 19.0 Å². The van der Waals surface area contributed by atoms with Crippen LogP contribution in [0.4, 0.5) is 0 Å². The molecule has 0 bridgehead atoms. The van der Waals surface area contributed by atoms with Gasteiger partial charge >= 0.3 is 0 Å². The minimum Gasteiger partial charge on any atom is -0.493 e. The Labute approximate surface area is 125 Å². The highest BCUT2D eigenvalue weighted by atomic mass is 16.5. The van der Waals surface area contributed by atoms with Gasteiger partial charge in [0, 0.05) is 19.2 Å². The van der Waals surface area contributed by atoms with E-state index in [1.165, 1.54) is 0 Å². The second kappa shape index (κ2) is 7.64. The molecule has 21 heavy (non-hydrogen) atoms. The largest absolute Gasteiger partial charge is 0.493 e. The predicted molar refractivity (Wildman–Crippen MR) is 80.3 cm³/mol. The minimum absolute atomic E-state index is 0.359. The molecule has 6 nitrogen and oxygen atoms in total. The molecular formula is C15H22N4O2. The number of ether oxygens (including phenoxy) is 2. The molecule has 0 aliphatic heterocycles. The van der Waals surface area contributed by atoms with Gasteiger partial charge in [0.1, 0.15) is 12.9 Å². The number of hydrogen-bond donors (Lipinski definition) is 1. The summed E-state index contributed by atoms with van der Waals surface area (Å²) in [7, 11) is 3.54. The number of aromatic nitrogens is 3. The lowest BCUT2D eigenvalue weighted by atomic mass is 10.2. The number of para-hydroxylation sites is 1. The zero-order valence-electron chi connectivity index (χ0n) is 12.8. The highest BCUT2D eigenvalue weighted by Gasteiger charge is 2.12. The molecule has 0 amide bonds. The number of hydrogen-bond acceptors (Lipinski definition) is 5. The maximum atomic E-state index is 5.93. The highest BCUT2D eigenvalue weighted by molar-refractivity contribution is 5.46. The van der Waals surface area contributed by atoms with Crippen molar-refractivity contribution >= 4 is 0 Å². The third-order valence-electron chi connectivity index (χ3n) is 3.17. The van der Waals surface area contributed by atoms with Gasteiger partial charge in [-0.25, -0.2) is 0 Å². The molecular weight excluding hydrogens is 268 g/mol. The van der Waals surface area contributed by atoms with E-state index >= 15 is 0 Å². The highest BCUT2D eigenvalue weighted by Crippen LogP contribution is 2.31. The van der Waals surface area contributed by atoms with Gasteiger partial charge in [0.25, 0.3) is 0 Å².